The van der Waals surface area contributed by atoms with Crippen molar-refractivity contribution in [3.63, 3.8) is 0 Å². The lowest BCUT2D eigenvalue weighted by Gasteiger charge is -2.36. The second-order valence-corrected chi connectivity index (χ2v) is 11.7. The molecule has 2 aliphatic carbocycles. The zero-order valence-electron chi connectivity index (χ0n) is 19.0. The Labute approximate surface area is 193 Å². The molecule has 3 fully saturated rings. The number of carboxylic acid groups (broad SMARTS) is 1. The number of carboxylic acids is 1. The maximum Gasteiger partial charge on any atom is 0.322 e. The molecular weight excluding hydrogens is 454 g/mol. The lowest BCUT2D eigenvalue weighted by Crippen LogP contribution is -2.45. The van der Waals surface area contributed by atoms with E-state index in [0.29, 0.717) is 38.6 Å². The molecule has 0 amide bonds. The predicted octanol–water partition coefficient (Wildman–Crippen LogP) is 3.56. The number of hydrogen-bond acceptors (Lipinski definition) is 5. The molecule has 1 heterocycles. The van der Waals surface area contributed by atoms with Crippen LogP contribution in [0.5, 0.6) is 5.75 Å². The van der Waals surface area contributed by atoms with E-state index >= 15 is 0 Å². The average Bonchev–Trinajstić information content (AvgIpc) is 3.04. The number of nitrogens with one attached hydrogen (secondary N) is 1. The van der Waals surface area contributed by atoms with E-state index in [4.69, 9.17) is 4.74 Å². The normalized spacial score (nSPS) is 29.6. The van der Waals surface area contributed by atoms with Gasteiger partial charge in [0.05, 0.1) is 6.10 Å². The Morgan fingerprint density at radius 1 is 1.36 bits per heavy atom. The summed E-state index contributed by atoms with van der Waals surface area (Å²) in [6.07, 6.45) is 3.04. The van der Waals surface area contributed by atoms with Gasteiger partial charge in [-0.05, 0) is 76.6 Å². The van der Waals surface area contributed by atoms with E-state index in [1.165, 1.54) is 6.07 Å². The molecule has 1 saturated heterocycles. The van der Waals surface area contributed by atoms with Crippen LogP contribution in [0.25, 0.3) is 0 Å². The SMILES string of the molecule is Cc1ccc(S(=O)(=O)N2CCC[C@H]2C(=O)O)c(OC(C)CCCNC2CC3(C2)CC3(F)F)c1. The van der Waals surface area contributed by atoms with Crippen molar-refractivity contribution < 1.29 is 31.8 Å². The van der Waals surface area contributed by atoms with Crippen LogP contribution in [0.2, 0.25) is 0 Å². The van der Waals surface area contributed by atoms with Gasteiger partial charge in [-0.3, -0.25) is 4.79 Å². The van der Waals surface area contributed by atoms with Crippen molar-refractivity contribution in [3.8, 4) is 5.75 Å². The highest BCUT2D eigenvalue weighted by atomic mass is 32.2. The van der Waals surface area contributed by atoms with E-state index in [1.807, 2.05) is 13.8 Å². The molecule has 1 aromatic carbocycles. The van der Waals surface area contributed by atoms with Gasteiger partial charge in [-0.2, -0.15) is 4.31 Å². The van der Waals surface area contributed by atoms with Gasteiger partial charge in [0.15, 0.2) is 0 Å². The van der Waals surface area contributed by atoms with Gasteiger partial charge in [0.1, 0.15) is 16.7 Å². The summed E-state index contributed by atoms with van der Waals surface area (Å²) in [4.78, 5) is 11.5. The van der Waals surface area contributed by atoms with Gasteiger partial charge in [-0.25, -0.2) is 17.2 Å². The number of benzene rings is 1. The predicted molar refractivity (Wildman–Crippen MR) is 118 cm³/mol. The molecule has 0 radical (unpaired) electrons. The molecule has 3 aliphatic rings. The lowest BCUT2D eigenvalue weighted by atomic mass is 9.76. The third-order valence-electron chi connectivity index (χ3n) is 7.21. The summed E-state index contributed by atoms with van der Waals surface area (Å²) in [6, 6.07) is 3.90. The molecule has 0 bridgehead atoms. The molecule has 1 spiro atoms. The number of halogens is 2. The highest BCUT2D eigenvalue weighted by molar-refractivity contribution is 7.89. The third-order valence-corrected chi connectivity index (χ3v) is 9.16. The van der Waals surface area contributed by atoms with Crippen molar-refractivity contribution in [1.82, 2.24) is 9.62 Å². The first-order valence-electron chi connectivity index (χ1n) is 11.6. The monoisotopic (exact) mass is 486 g/mol. The summed E-state index contributed by atoms with van der Waals surface area (Å²) in [6.45, 7) is 4.55. The van der Waals surface area contributed by atoms with Crippen LogP contribution in [-0.4, -0.2) is 61.0 Å². The fraction of sp³-hybridized carbons (Fsp3) is 0.696. The van der Waals surface area contributed by atoms with Crippen LogP contribution in [0.4, 0.5) is 8.78 Å². The first kappa shape index (κ1) is 24.3. The third kappa shape index (κ3) is 4.74. The molecule has 1 unspecified atom stereocenters. The second-order valence-electron chi connectivity index (χ2n) is 9.85. The smallest absolute Gasteiger partial charge is 0.322 e. The number of aliphatic carboxylic acids is 1. The van der Waals surface area contributed by atoms with Crippen LogP contribution >= 0.6 is 0 Å². The number of nitrogens with zero attached hydrogens (tertiary/aromatic N) is 1. The average molecular weight is 487 g/mol. The molecule has 1 aliphatic heterocycles. The molecule has 33 heavy (non-hydrogen) atoms. The molecule has 2 saturated carbocycles. The van der Waals surface area contributed by atoms with E-state index in [0.717, 1.165) is 16.3 Å². The number of rotatable bonds is 10. The number of aryl methyl sites for hydroxylation is 1. The van der Waals surface area contributed by atoms with Crippen LogP contribution < -0.4 is 10.1 Å². The number of carbonyl (C=O) groups is 1. The summed E-state index contributed by atoms with van der Waals surface area (Å²) < 4.78 is 60.2. The highest BCUT2D eigenvalue weighted by Crippen LogP contribution is 2.70. The van der Waals surface area contributed by atoms with Crippen molar-refractivity contribution in [3.05, 3.63) is 23.8 Å². The molecule has 0 aromatic heterocycles. The fourth-order valence-corrected chi connectivity index (χ4v) is 6.90. The number of sulfonamides is 1. The maximum atomic E-state index is 13.3. The summed E-state index contributed by atoms with van der Waals surface area (Å²) in [5, 5.41) is 12.7. The van der Waals surface area contributed by atoms with Gasteiger partial charge in [-0.1, -0.05) is 6.07 Å². The zero-order chi connectivity index (χ0) is 24.0. The Kier molecular flexibility index (Phi) is 6.48. The van der Waals surface area contributed by atoms with Crippen molar-refractivity contribution in [2.45, 2.75) is 87.8 Å². The first-order valence-corrected chi connectivity index (χ1v) is 13.0. The zero-order valence-corrected chi connectivity index (χ0v) is 19.8. The maximum absolute atomic E-state index is 13.3. The number of ether oxygens (including phenoxy) is 1. The van der Waals surface area contributed by atoms with Gasteiger partial charge >= 0.3 is 5.97 Å². The summed E-state index contributed by atoms with van der Waals surface area (Å²) >= 11 is 0. The van der Waals surface area contributed by atoms with Crippen molar-refractivity contribution in [1.29, 1.82) is 0 Å². The van der Waals surface area contributed by atoms with Gasteiger partial charge in [0.2, 0.25) is 10.0 Å². The lowest BCUT2D eigenvalue weighted by molar-refractivity contribution is -0.140. The Morgan fingerprint density at radius 2 is 2.06 bits per heavy atom. The van der Waals surface area contributed by atoms with Gasteiger partial charge in [-0.15, -0.1) is 0 Å². The first-order chi connectivity index (χ1) is 15.4. The fourth-order valence-electron chi connectivity index (χ4n) is 5.14. The van der Waals surface area contributed by atoms with Crippen LogP contribution in [0.3, 0.4) is 0 Å². The minimum atomic E-state index is -4.02. The van der Waals surface area contributed by atoms with Crippen molar-refractivity contribution in [2.75, 3.05) is 13.1 Å². The molecule has 10 heteroatoms. The van der Waals surface area contributed by atoms with Gasteiger partial charge < -0.3 is 15.2 Å². The number of alkyl halides is 2. The van der Waals surface area contributed by atoms with Gasteiger partial charge in [0.25, 0.3) is 5.92 Å². The van der Waals surface area contributed by atoms with Crippen LogP contribution in [-0.2, 0) is 14.8 Å². The highest BCUT2D eigenvalue weighted by Gasteiger charge is 2.75. The van der Waals surface area contributed by atoms with Gasteiger partial charge in [0, 0.05) is 24.4 Å². The van der Waals surface area contributed by atoms with Crippen LogP contribution in [0.15, 0.2) is 23.1 Å². The molecule has 1 aromatic rings. The van der Waals surface area contributed by atoms with E-state index in [2.05, 4.69) is 5.32 Å². The minimum absolute atomic E-state index is 0.0173. The quantitative estimate of drug-likeness (QED) is 0.491. The summed E-state index contributed by atoms with van der Waals surface area (Å²) in [5.74, 6) is -3.39. The van der Waals surface area contributed by atoms with E-state index in [9.17, 15) is 27.1 Å². The Hall–Kier alpha value is -1.78. The van der Waals surface area contributed by atoms with E-state index in [1.54, 1.807) is 12.1 Å². The standard InChI is InChI=1S/C23H32F2N2O5S/c1-15-7-8-20(33(30,31)27-10-4-6-18(27)21(28)29)19(11-15)32-16(2)5-3-9-26-17-12-22(13-17)14-23(22,24)25/h7-8,11,16-18,26H,3-6,9-10,12-14H2,1-2H3,(H,28,29)/t16?,17?,18-,22?/m0/s1. The molecule has 2 N–H and O–H groups in total. The van der Waals surface area contributed by atoms with Crippen LogP contribution in [0.1, 0.15) is 57.4 Å². The largest absolute Gasteiger partial charge is 0.489 e. The Bertz CT molecular complexity index is 1010. The summed E-state index contributed by atoms with van der Waals surface area (Å²) in [7, 11) is -4.02. The number of hydrogen-bond donors (Lipinski definition) is 2. The van der Waals surface area contributed by atoms with Crippen LogP contribution in [0, 0.1) is 12.3 Å². The Balaban J connectivity index is 1.32. The second kappa shape index (κ2) is 8.78. The van der Waals surface area contributed by atoms with E-state index in [-0.39, 0.29) is 35.8 Å². The molecule has 4 rings (SSSR count). The topological polar surface area (TPSA) is 95.9 Å². The Morgan fingerprint density at radius 3 is 2.70 bits per heavy atom. The van der Waals surface area contributed by atoms with Crippen molar-refractivity contribution >= 4 is 16.0 Å². The van der Waals surface area contributed by atoms with E-state index < -0.39 is 33.4 Å². The summed E-state index contributed by atoms with van der Waals surface area (Å²) in [5.41, 5.74) is 0.105. The molecule has 7 nitrogen and oxygen atoms in total. The molecule has 2 atom stereocenters. The van der Waals surface area contributed by atoms with Crippen molar-refractivity contribution in [2.24, 2.45) is 5.41 Å². The minimum Gasteiger partial charge on any atom is -0.489 e. The molecule has 184 valence electrons. The molecular formula is C23H32F2N2O5S.